The van der Waals surface area contributed by atoms with Crippen molar-refractivity contribution in [3.63, 3.8) is 0 Å². The van der Waals surface area contributed by atoms with Crippen molar-refractivity contribution in [1.82, 2.24) is 4.98 Å². The summed E-state index contributed by atoms with van der Waals surface area (Å²) in [7, 11) is -0.111. The molecule has 1 atom stereocenters. The number of carbonyl (C=O) groups is 1. The van der Waals surface area contributed by atoms with E-state index in [0.29, 0.717) is 16.6 Å². The quantitative estimate of drug-likeness (QED) is 0.478. The first-order valence-corrected chi connectivity index (χ1v) is 9.06. The van der Waals surface area contributed by atoms with E-state index in [1.54, 1.807) is 30.6 Å². The first kappa shape index (κ1) is 23.1. The topological polar surface area (TPSA) is 106 Å². The summed E-state index contributed by atoms with van der Waals surface area (Å²) in [5.74, 6) is -0.545. The number of pyridine rings is 1. The number of fused-ring (bicyclic) bond motifs is 1. The van der Waals surface area contributed by atoms with Crippen LogP contribution in [0.1, 0.15) is 22.6 Å². The number of aromatic nitrogens is 1. The predicted molar refractivity (Wildman–Crippen MR) is 120 cm³/mol. The SMILES string of the molecule is COCc1ccc([C@@H](CN)C(=O)Cc2ccc3cnccc3c2)cc1B(O)O.S. The van der Waals surface area contributed by atoms with Gasteiger partial charge in [0.15, 0.2) is 0 Å². The molecular weight excluding hydrogens is 387 g/mol. The molecule has 0 aliphatic heterocycles. The zero-order valence-corrected chi connectivity index (χ0v) is 17.2. The summed E-state index contributed by atoms with van der Waals surface area (Å²) in [6.07, 6.45) is 3.75. The lowest BCUT2D eigenvalue weighted by atomic mass is 9.75. The van der Waals surface area contributed by atoms with Crippen LogP contribution in [0.25, 0.3) is 10.8 Å². The number of nitrogens with two attached hydrogens (primary N) is 1. The van der Waals surface area contributed by atoms with E-state index in [2.05, 4.69) is 4.98 Å². The molecular formula is C21H25BN2O4S. The first-order valence-electron chi connectivity index (χ1n) is 9.06. The molecule has 2 aromatic carbocycles. The minimum absolute atomic E-state index is 0. The Morgan fingerprint density at radius 1 is 1.17 bits per heavy atom. The van der Waals surface area contributed by atoms with Crippen molar-refractivity contribution in [1.29, 1.82) is 0 Å². The van der Waals surface area contributed by atoms with Crippen LogP contribution in [-0.4, -0.2) is 41.6 Å². The van der Waals surface area contributed by atoms with Gasteiger partial charge in [-0.2, -0.15) is 13.5 Å². The second kappa shape index (κ2) is 10.5. The Kier molecular flexibility index (Phi) is 8.37. The van der Waals surface area contributed by atoms with Gasteiger partial charge in [0.05, 0.1) is 12.5 Å². The smallest absolute Gasteiger partial charge is 0.423 e. The fourth-order valence-electron chi connectivity index (χ4n) is 3.38. The molecule has 0 unspecified atom stereocenters. The van der Waals surface area contributed by atoms with Gasteiger partial charge in [-0.15, -0.1) is 0 Å². The number of benzene rings is 2. The number of hydrogen-bond donors (Lipinski definition) is 3. The molecule has 0 spiro atoms. The highest BCUT2D eigenvalue weighted by Gasteiger charge is 2.23. The van der Waals surface area contributed by atoms with Crippen LogP contribution >= 0.6 is 13.5 Å². The van der Waals surface area contributed by atoms with E-state index in [4.69, 9.17) is 10.5 Å². The lowest BCUT2D eigenvalue weighted by Gasteiger charge is -2.17. The molecule has 0 saturated carbocycles. The number of rotatable bonds is 8. The summed E-state index contributed by atoms with van der Waals surface area (Å²) in [5, 5.41) is 21.4. The molecule has 152 valence electrons. The number of ketones is 1. The van der Waals surface area contributed by atoms with Crippen molar-refractivity contribution in [3.05, 3.63) is 71.5 Å². The van der Waals surface area contributed by atoms with Crippen molar-refractivity contribution in [2.24, 2.45) is 5.73 Å². The molecule has 0 aliphatic rings. The maximum atomic E-state index is 12.9. The Bertz CT molecular complexity index is 984. The molecule has 0 aliphatic carbocycles. The molecule has 4 N–H and O–H groups in total. The largest absolute Gasteiger partial charge is 0.488 e. The summed E-state index contributed by atoms with van der Waals surface area (Å²) in [6.45, 7) is 0.390. The van der Waals surface area contributed by atoms with Gasteiger partial charge < -0.3 is 20.5 Å². The summed E-state index contributed by atoms with van der Waals surface area (Å²) in [6, 6.07) is 12.9. The lowest BCUT2D eigenvalue weighted by molar-refractivity contribution is -0.119. The monoisotopic (exact) mass is 412 g/mol. The number of methoxy groups -OCH3 is 1. The molecule has 29 heavy (non-hydrogen) atoms. The summed E-state index contributed by atoms with van der Waals surface area (Å²) < 4.78 is 5.09. The van der Waals surface area contributed by atoms with Gasteiger partial charge in [-0.05, 0) is 33.6 Å². The minimum Gasteiger partial charge on any atom is -0.423 e. The van der Waals surface area contributed by atoms with Crippen molar-refractivity contribution >= 4 is 42.6 Å². The molecule has 6 nitrogen and oxygen atoms in total. The van der Waals surface area contributed by atoms with Crippen LogP contribution in [0.15, 0.2) is 54.9 Å². The van der Waals surface area contributed by atoms with Crippen molar-refractivity contribution in [2.75, 3.05) is 13.7 Å². The van der Waals surface area contributed by atoms with Crippen molar-refractivity contribution in [2.45, 2.75) is 18.9 Å². The highest BCUT2D eigenvalue weighted by molar-refractivity contribution is 7.59. The number of hydrogen-bond acceptors (Lipinski definition) is 6. The van der Waals surface area contributed by atoms with Gasteiger partial charge in [0.1, 0.15) is 5.78 Å². The molecule has 0 radical (unpaired) electrons. The fourth-order valence-corrected chi connectivity index (χ4v) is 3.38. The average Bonchev–Trinajstić information content (AvgIpc) is 2.69. The van der Waals surface area contributed by atoms with Gasteiger partial charge in [-0.3, -0.25) is 9.78 Å². The average molecular weight is 412 g/mol. The van der Waals surface area contributed by atoms with Crippen LogP contribution in [0.4, 0.5) is 0 Å². The Morgan fingerprint density at radius 3 is 2.66 bits per heavy atom. The number of nitrogens with zero attached hydrogens (tertiary/aromatic N) is 1. The Morgan fingerprint density at radius 2 is 1.97 bits per heavy atom. The van der Waals surface area contributed by atoms with Gasteiger partial charge in [0.25, 0.3) is 0 Å². The van der Waals surface area contributed by atoms with Crippen molar-refractivity contribution in [3.8, 4) is 0 Å². The molecule has 3 aromatic rings. The van der Waals surface area contributed by atoms with Gasteiger partial charge in [0.2, 0.25) is 0 Å². The van der Waals surface area contributed by atoms with Crippen LogP contribution in [-0.2, 0) is 22.6 Å². The third-order valence-electron chi connectivity index (χ3n) is 4.86. The third kappa shape index (κ3) is 5.43. The normalized spacial score (nSPS) is 11.7. The third-order valence-corrected chi connectivity index (χ3v) is 4.86. The van der Waals surface area contributed by atoms with E-state index >= 15 is 0 Å². The fraction of sp³-hybridized carbons (Fsp3) is 0.238. The predicted octanol–water partition coefficient (Wildman–Crippen LogP) is 1.03. The van der Waals surface area contributed by atoms with Gasteiger partial charge in [-0.1, -0.05) is 36.4 Å². The summed E-state index contributed by atoms with van der Waals surface area (Å²) in [4.78, 5) is 17.0. The zero-order valence-electron chi connectivity index (χ0n) is 16.2. The molecule has 0 bridgehead atoms. The van der Waals surface area contributed by atoms with E-state index in [9.17, 15) is 14.8 Å². The first-order chi connectivity index (χ1) is 13.5. The highest BCUT2D eigenvalue weighted by Crippen LogP contribution is 2.21. The molecule has 1 heterocycles. The number of ether oxygens (including phenoxy) is 1. The van der Waals surface area contributed by atoms with Crippen LogP contribution in [0.3, 0.4) is 0 Å². The molecule has 0 saturated heterocycles. The van der Waals surface area contributed by atoms with Crippen LogP contribution in [0, 0.1) is 0 Å². The second-order valence-corrected chi connectivity index (χ2v) is 6.75. The standard InChI is InChI=1S/C21H23BN2O4.H2S/c1-28-13-18-5-4-16(10-20(18)22(26)27)19(11-23)21(25)9-14-2-3-17-12-24-7-6-15(17)8-14;/h2-8,10,12,19,26-27H,9,11,13,23H2,1H3;1H2/t19-;/m1./s1. The van der Waals surface area contributed by atoms with E-state index in [-0.39, 0.29) is 38.9 Å². The van der Waals surface area contributed by atoms with Gasteiger partial charge >= 0.3 is 7.12 Å². The maximum Gasteiger partial charge on any atom is 0.488 e. The number of Topliss-reactive ketones (excluding diaryl/α,β-unsaturated/α-hetero) is 1. The Labute approximate surface area is 177 Å². The Balaban J connectivity index is 0.00000300. The van der Waals surface area contributed by atoms with Gasteiger partial charge in [-0.25, -0.2) is 0 Å². The molecule has 1 aromatic heterocycles. The van der Waals surface area contributed by atoms with E-state index in [1.807, 2.05) is 24.3 Å². The minimum atomic E-state index is -1.65. The molecule has 8 heteroatoms. The second-order valence-electron chi connectivity index (χ2n) is 6.75. The molecule has 0 amide bonds. The highest BCUT2D eigenvalue weighted by atomic mass is 32.1. The summed E-state index contributed by atoms with van der Waals surface area (Å²) >= 11 is 0. The van der Waals surface area contributed by atoms with E-state index < -0.39 is 13.0 Å². The zero-order chi connectivity index (χ0) is 20.1. The van der Waals surface area contributed by atoms with E-state index in [1.165, 1.54) is 7.11 Å². The summed E-state index contributed by atoms with van der Waals surface area (Å²) in [5.41, 5.74) is 8.45. The van der Waals surface area contributed by atoms with Crippen molar-refractivity contribution < 1.29 is 19.6 Å². The van der Waals surface area contributed by atoms with Crippen LogP contribution < -0.4 is 11.2 Å². The lowest BCUT2D eigenvalue weighted by Crippen LogP contribution is -2.34. The van der Waals surface area contributed by atoms with Crippen LogP contribution in [0.2, 0.25) is 0 Å². The van der Waals surface area contributed by atoms with Gasteiger partial charge in [0, 0.05) is 37.9 Å². The maximum absolute atomic E-state index is 12.9. The molecule has 0 fully saturated rings. The number of carbonyl (C=O) groups excluding carboxylic acids is 1. The van der Waals surface area contributed by atoms with Crippen LogP contribution in [0.5, 0.6) is 0 Å². The Hall–Kier alpha value is -2.23. The van der Waals surface area contributed by atoms with E-state index in [0.717, 1.165) is 16.3 Å². The molecule has 3 rings (SSSR count).